The Balaban J connectivity index is 1.30. The van der Waals surface area contributed by atoms with Crippen molar-refractivity contribution in [1.29, 1.82) is 0 Å². The fourth-order valence-corrected chi connectivity index (χ4v) is 4.23. The molecule has 0 unspecified atom stereocenters. The van der Waals surface area contributed by atoms with E-state index < -0.39 is 0 Å². The first-order valence-corrected chi connectivity index (χ1v) is 10.8. The first-order valence-electron chi connectivity index (χ1n) is 10.8. The van der Waals surface area contributed by atoms with Gasteiger partial charge in [-0.05, 0) is 18.4 Å². The molecule has 0 spiro atoms. The molecule has 2 aliphatic heterocycles. The van der Waals surface area contributed by atoms with Gasteiger partial charge in [0.15, 0.2) is 0 Å². The van der Waals surface area contributed by atoms with Gasteiger partial charge in [-0.3, -0.25) is 9.78 Å². The number of hydrogen-bond donors (Lipinski definition) is 0. The van der Waals surface area contributed by atoms with Crippen LogP contribution >= 0.6 is 0 Å². The number of aromatic nitrogens is 3. The Morgan fingerprint density at radius 2 is 1.58 bits per heavy atom. The first-order chi connectivity index (χ1) is 15.2. The van der Waals surface area contributed by atoms with Gasteiger partial charge in [-0.2, -0.15) is 0 Å². The van der Waals surface area contributed by atoms with E-state index in [9.17, 15) is 4.79 Å². The number of morpholine rings is 1. The maximum Gasteiger partial charge on any atom is 0.273 e. The Kier molecular flexibility index (Phi) is 5.38. The Morgan fingerprint density at radius 1 is 0.903 bits per heavy atom. The fraction of sp³-hybridized carbons (Fsp3) is 0.391. The van der Waals surface area contributed by atoms with Crippen LogP contribution in [0.1, 0.15) is 16.3 Å². The number of ether oxygens (including phenoxy) is 1. The van der Waals surface area contributed by atoms with Crippen molar-refractivity contribution < 1.29 is 9.53 Å². The quantitative estimate of drug-likeness (QED) is 0.645. The number of carbonyl (C=O) groups is 1. The van der Waals surface area contributed by atoms with E-state index in [0.717, 1.165) is 67.6 Å². The van der Waals surface area contributed by atoms with Crippen LogP contribution in [-0.2, 0) is 4.74 Å². The third-order valence-electron chi connectivity index (χ3n) is 5.91. The first kappa shape index (κ1) is 19.7. The van der Waals surface area contributed by atoms with Gasteiger partial charge >= 0.3 is 0 Å². The number of pyridine rings is 1. The zero-order valence-electron chi connectivity index (χ0n) is 17.7. The van der Waals surface area contributed by atoms with Crippen LogP contribution in [0.2, 0.25) is 0 Å². The average molecular weight is 419 g/mol. The molecule has 0 bridgehead atoms. The van der Waals surface area contributed by atoms with Gasteiger partial charge in [-0.1, -0.05) is 24.3 Å². The molecule has 0 N–H and O–H groups in total. The summed E-state index contributed by atoms with van der Waals surface area (Å²) in [5, 5.41) is 1.94. The van der Waals surface area contributed by atoms with Gasteiger partial charge in [0.2, 0.25) is 0 Å². The summed E-state index contributed by atoms with van der Waals surface area (Å²) in [5.41, 5.74) is 0.527. The standard InChI is InChI=1S/C23H26N6O2/c1-17-25-20(16-21(26-17)28-12-14-31-15-13-28)27-8-10-29(11-9-27)23(30)22-19-5-3-2-4-18(19)6-7-24-22/h2-7,16H,8-15H2,1H3. The van der Waals surface area contributed by atoms with Crippen molar-refractivity contribution in [2.75, 3.05) is 62.3 Å². The fourth-order valence-electron chi connectivity index (χ4n) is 4.23. The maximum atomic E-state index is 13.2. The van der Waals surface area contributed by atoms with Crippen LogP contribution in [0.15, 0.2) is 42.6 Å². The van der Waals surface area contributed by atoms with Crippen molar-refractivity contribution >= 4 is 28.3 Å². The number of anilines is 2. The molecular formula is C23H26N6O2. The normalized spacial score (nSPS) is 17.3. The number of aryl methyl sites for hydroxylation is 1. The van der Waals surface area contributed by atoms with Crippen molar-refractivity contribution in [1.82, 2.24) is 19.9 Å². The van der Waals surface area contributed by atoms with Crippen LogP contribution in [0.5, 0.6) is 0 Å². The number of fused-ring (bicyclic) bond motifs is 1. The number of rotatable bonds is 3. The zero-order chi connectivity index (χ0) is 21.2. The molecule has 0 radical (unpaired) electrons. The molecule has 0 aliphatic carbocycles. The lowest BCUT2D eigenvalue weighted by molar-refractivity contribution is 0.0743. The van der Waals surface area contributed by atoms with Gasteiger partial charge in [-0.25, -0.2) is 9.97 Å². The van der Waals surface area contributed by atoms with Crippen molar-refractivity contribution in [2.24, 2.45) is 0 Å². The van der Waals surface area contributed by atoms with Gasteiger partial charge in [0, 0.05) is 56.9 Å². The summed E-state index contributed by atoms with van der Waals surface area (Å²) in [5.74, 6) is 2.62. The molecule has 0 atom stereocenters. The van der Waals surface area contributed by atoms with E-state index in [0.29, 0.717) is 18.8 Å². The van der Waals surface area contributed by atoms with E-state index in [-0.39, 0.29) is 5.91 Å². The van der Waals surface area contributed by atoms with Crippen molar-refractivity contribution in [2.45, 2.75) is 6.92 Å². The molecule has 0 saturated carbocycles. The van der Waals surface area contributed by atoms with Crippen molar-refractivity contribution in [3.8, 4) is 0 Å². The van der Waals surface area contributed by atoms with Crippen molar-refractivity contribution in [3.63, 3.8) is 0 Å². The summed E-state index contributed by atoms with van der Waals surface area (Å²) in [6.45, 7) is 7.80. The van der Waals surface area contributed by atoms with Crippen LogP contribution in [-0.4, -0.2) is 78.2 Å². The highest BCUT2D eigenvalue weighted by Gasteiger charge is 2.25. The minimum Gasteiger partial charge on any atom is -0.378 e. The van der Waals surface area contributed by atoms with E-state index >= 15 is 0 Å². The molecule has 8 heteroatoms. The third-order valence-corrected chi connectivity index (χ3v) is 5.91. The molecule has 31 heavy (non-hydrogen) atoms. The van der Waals surface area contributed by atoms with Gasteiger partial charge in [0.25, 0.3) is 5.91 Å². The Labute approximate surface area is 181 Å². The summed E-state index contributed by atoms with van der Waals surface area (Å²) in [6, 6.07) is 11.9. The maximum absolute atomic E-state index is 13.2. The molecule has 5 rings (SSSR count). The molecule has 2 aliphatic rings. The van der Waals surface area contributed by atoms with Crippen LogP contribution in [0.25, 0.3) is 10.8 Å². The van der Waals surface area contributed by atoms with Crippen molar-refractivity contribution in [3.05, 3.63) is 54.1 Å². The highest BCUT2D eigenvalue weighted by molar-refractivity contribution is 6.05. The molecule has 2 aromatic heterocycles. The third kappa shape index (κ3) is 4.03. The Hall–Kier alpha value is -3.26. The average Bonchev–Trinajstić information content (AvgIpc) is 2.83. The van der Waals surface area contributed by atoms with E-state index in [4.69, 9.17) is 4.74 Å². The summed E-state index contributed by atoms with van der Waals surface area (Å²) >= 11 is 0. The van der Waals surface area contributed by atoms with Gasteiger partial charge in [0.1, 0.15) is 23.2 Å². The molecule has 1 aromatic carbocycles. The van der Waals surface area contributed by atoms with Crippen LogP contribution in [0, 0.1) is 6.92 Å². The number of benzene rings is 1. The number of piperazine rings is 1. The monoisotopic (exact) mass is 418 g/mol. The highest BCUT2D eigenvalue weighted by atomic mass is 16.5. The summed E-state index contributed by atoms with van der Waals surface area (Å²) in [4.78, 5) is 33.2. The predicted octanol–water partition coefficient (Wildman–Crippen LogP) is 2.13. The second kappa shape index (κ2) is 8.47. The van der Waals surface area contributed by atoms with Gasteiger partial charge in [-0.15, -0.1) is 0 Å². The molecule has 1 amide bonds. The van der Waals surface area contributed by atoms with Crippen LogP contribution in [0.4, 0.5) is 11.6 Å². The summed E-state index contributed by atoms with van der Waals surface area (Å²) in [7, 11) is 0. The Morgan fingerprint density at radius 3 is 2.32 bits per heavy atom. The minimum absolute atomic E-state index is 0.00989. The minimum atomic E-state index is -0.00989. The molecule has 8 nitrogen and oxygen atoms in total. The SMILES string of the molecule is Cc1nc(N2CCOCC2)cc(N2CCN(C(=O)c3nccc4ccccc34)CC2)n1. The Bertz CT molecular complexity index is 1090. The molecule has 160 valence electrons. The molecule has 2 saturated heterocycles. The summed E-state index contributed by atoms with van der Waals surface area (Å²) in [6.07, 6.45) is 1.71. The second-order valence-electron chi connectivity index (χ2n) is 7.89. The predicted molar refractivity (Wildman–Crippen MR) is 120 cm³/mol. The van der Waals surface area contributed by atoms with E-state index in [2.05, 4.69) is 30.8 Å². The second-order valence-corrected chi connectivity index (χ2v) is 7.89. The van der Waals surface area contributed by atoms with Gasteiger partial charge < -0.3 is 19.4 Å². The largest absolute Gasteiger partial charge is 0.378 e. The molecular weight excluding hydrogens is 392 g/mol. The molecule has 3 aromatic rings. The van der Waals surface area contributed by atoms with Crippen LogP contribution < -0.4 is 9.80 Å². The van der Waals surface area contributed by atoms with E-state index in [1.807, 2.05) is 42.2 Å². The lowest BCUT2D eigenvalue weighted by Gasteiger charge is -2.36. The van der Waals surface area contributed by atoms with Gasteiger partial charge in [0.05, 0.1) is 13.2 Å². The highest BCUT2D eigenvalue weighted by Crippen LogP contribution is 2.23. The zero-order valence-corrected chi connectivity index (χ0v) is 17.7. The smallest absolute Gasteiger partial charge is 0.273 e. The lowest BCUT2D eigenvalue weighted by Crippen LogP contribution is -2.49. The van der Waals surface area contributed by atoms with E-state index in [1.165, 1.54) is 0 Å². The topological polar surface area (TPSA) is 74.7 Å². The number of nitrogens with zero attached hydrogens (tertiary/aromatic N) is 6. The number of carbonyl (C=O) groups excluding carboxylic acids is 1. The lowest BCUT2D eigenvalue weighted by atomic mass is 10.1. The van der Waals surface area contributed by atoms with E-state index in [1.54, 1.807) is 6.20 Å². The number of amides is 1. The molecule has 2 fully saturated rings. The molecule has 4 heterocycles. The summed E-state index contributed by atoms with van der Waals surface area (Å²) < 4.78 is 5.46. The van der Waals surface area contributed by atoms with Crippen LogP contribution in [0.3, 0.4) is 0 Å². The number of hydrogen-bond acceptors (Lipinski definition) is 7.